The van der Waals surface area contributed by atoms with Crippen molar-refractivity contribution in [2.75, 3.05) is 10.2 Å². The van der Waals surface area contributed by atoms with Crippen molar-refractivity contribution in [1.82, 2.24) is 9.55 Å². The summed E-state index contributed by atoms with van der Waals surface area (Å²) in [6.07, 6.45) is 0. The van der Waals surface area contributed by atoms with Gasteiger partial charge in [0.2, 0.25) is 0 Å². The van der Waals surface area contributed by atoms with Crippen LogP contribution in [0, 0.1) is 6.92 Å². The van der Waals surface area contributed by atoms with E-state index in [0.29, 0.717) is 6.04 Å². The third kappa shape index (κ3) is 1.63. The first-order valence-electron chi connectivity index (χ1n) is 4.01. The Hall–Kier alpha value is -0.0400. The van der Waals surface area contributed by atoms with Gasteiger partial charge in [-0.15, -0.1) is 0 Å². The molecule has 13 heavy (non-hydrogen) atoms. The number of rotatable bonds is 1. The first-order valence-corrected chi connectivity index (χ1v) is 6.52. The van der Waals surface area contributed by atoms with Crippen LogP contribution in [0.2, 0.25) is 0 Å². The molecule has 5 heteroatoms. The molecule has 0 spiro atoms. The highest BCUT2D eigenvalue weighted by molar-refractivity contribution is 14.1. The summed E-state index contributed by atoms with van der Waals surface area (Å²) in [4.78, 5) is 15.1. The van der Waals surface area contributed by atoms with E-state index in [-0.39, 0.29) is 5.56 Å². The van der Waals surface area contributed by atoms with E-state index in [1.807, 2.05) is 6.92 Å². The molecule has 2 heterocycles. The quantitative estimate of drug-likeness (QED) is 0.449. The largest absolute Gasteiger partial charge is 0.320 e. The molecule has 1 atom stereocenters. The van der Waals surface area contributed by atoms with E-state index >= 15 is 0 Å². The van der Waals surface area contributed by atoms with Gasteiger partial charge in [0.15, 0.2) is 5.16 Å². The van der Waals surface area contributed by atoms with Crippen molar-refractivity contribution in [3.05, 3.63) is 22.1 Å². The van der Waals surface area contributed by atoms with Gasteiger partial charge in [-0.1, -0.05) is 34.4 Å². The molecule has 0 radical (unpaired) electrons. The maximum absolute atomic E-state index is 11.1. The van der Waals surface area contributed by atoms with Crippen molar-refractivity contribution < 1.29 is 0 Å². The molecule has 1 aliphatic heterocycles. The molecule has 0 N–H and O–H groups in total. The van der Waals surface area contributed by atoms with Gasteiger partial charge in [0, 0.05) is 21.9 Å². The molecule has 3 nitrogen and oxygen atoms in total. The SMILES string of the molecule is Cc1cc(=O)nc2n1C(CI)CS2. The van der Waals surface area contributed by atoms with Crippen LogP contribution in [0.4, 0.5) is 0 Å². The normalized spacial score (nSPS) is 20.3. The fraction of sp³-hybridized carbons (Fsp3) is 0.500. The highest BCUT2D eigenvalue weighted by atomic mass is 127. The van der Waals surface area contributed by atoms with Gasteiger partial charge in [0.05, 0.1) is 6.04 Å². The second-order valence-corrected chi connectivity index (χ2v) is 4.88. The monoisotopic (exact) mass is 308 g/mol. The lowest BCUT2D eigenvalue weighted by molar-refractivity contribution is 0.554. The zero-order valence-electron chi connectivity index (χ0n) is 7.16. The summed E-state index contributed by atoms with van der Waals surface area (Å²) in [5.74, 6) is 1.04. The Kier molecular flexibility index (Phi) is 2.64. The molecule has 1 aromatic heterocycles. The Morgan fingerprint density at radius 1 is 1.85 bits per heavy atom. The zero-order valence-corrected chi connectivity index (χ0v) is 10.1. The van der Waals surface area contributed by atoms with E-state index in [1.165, 1.54) is 0 Å². The average Bonchev–Trinajstić information content (AvgIpc) is 2.47. The van der Waals surface area contributed by atoms with E-state index in [4.69, 9.17) is 0 Å². The summed E-state index contributed by atoms with van der Waals surface area (Å²) in [6, 6.07) is 2.11. The lowest BCUT2D eigenvalue weighted by Gasteiger charge is -2.13. The van der Waals surface area contributed by atoms with Crippen LogP contribution >= 0.6 is 34.4 Å². The van der Waals surface area contributed by atoms with Gasteiger partial charge in [0.25, 0.3) is 5.56 Å². The lowest BCUT2D eigenvalue weighted by atomic mass is 10.3. The topological polar surface area (TPSA) is 34.9 Å². The van der Waals surface area contributed by atoms with E-state index < -0.39 is 0 Å². The minimum absolute atomic E-state index is 0.120. The van der Waals surface area contributed by atoms with Gasteiger partial charge in [-0.05, 0) is 6.92 Å². The average molecular weight is 308 g/mol. The Morgan fingerprint density at radius 3 is 3.31 bits per heavy atom. The molecule has 0 fully saturated rings. The number of fused-ring (bicyclic) bond motifs is 1. The fourth-order valence-electron chi connectivity index (χ4n) is 1.48. The van der Waals surface area contributed by atoms with Gasteiger partial charge in [-0.3, -0.25) is 4.79 Å². The van der Waals surface area contributed by atoms with E-state index in [9.17, 15) is 4.79 Å². The first kappa shape index (κ1) is 9.51. The molecule has 0 bridgehead atoms. The Labute approximate surface area is 94.1 Å². The Bertz CT molecular complexity index is 390. The van der Waals surface area contributed by atoms with Crippen LogP contribution in [-0.2, 0) is 0 Å². The molecule has 70 valence electrons. The van der Waals surface area contributed by atoms with Gasteiger partial charge >= 0.3 is 0 Å². The van der Waals surface area contributed by atoms with Crippen LogP contribution in [0.25, 0.3) is 0 Å². The van der Waals surface area contributed by atoms with Crippen LogP contribution < -0.4 is 5.56 Å². The van der Waals surface area contributed by atoms with E-state index in [1.54, 1.807) is 17.8 Å². The van der Waals surface area contributed by atoms with Crippen molar-refractivity contribution in [2.45, 2.75) is 18.1 Å². The van der Waals surface area contributed by atoms with Crippen LogP contribution in [0.1, 0.15) is 11.7 Å². The number of halogens is 1. The van der Waals surface area contributed by atoms with Crippen LogP contribution in [0.15, 0.2) is 16.0 Å². The van der Waals surface area contributed by atoms with Crippen molar-refractivity contribution in [3.63, 3.8) is 0 Å². The third-order valence-corrected chi connectivity index (χ3v) is 4.19. The minimum atomic E-state index is -0.120. The molecule has 0 amide bonds. The molecule has 0 saturated heterocycles. The summed E-state index contributed by atoms with van der Waals surface area (Å²) in [5, 5.41) is 0.881. The maximum Gasteiger partial charge on any atom is 0.273 e. The predicted octanol–water partition coefficient (Wildman–Crippen LogP) is 1.63. The smallest absolute Gasteiger partial charge is 0.273 e. The van der Waals surface area contributed by atoms with Gasteiger partial charge in [-0.2, -0.15) is 4.98 Å². The molecule has 0 aromatic carbocycles. The molecule has 2 rings (SSSR count). The highest BCUT2D eigenvalue weighted by Crippen LogP contribution is 2.32. The lowest BCUT2D eigenvalue weighted by Crippen LogP contribution is -2.17. The molecular weight excluding hydrogens is 299 g/mol. The van der Waals surface area contributed by atoms with Gasteiger partial charge in [-0.25, -0.2) is 0 Å². The van der Waals surface area contributed by atoms with Crippen LogP contribution in [-0.4, -0.2) is 19.7 Å². The Morgan fingerprint density at radius 2 is 2.62 bits per heavy atom. The van der Waals surface area contributed by atoms with Gasteiger partial charge < -0.3 is 4.57 Å². The number of thioether (sulfide) groups is 1. The summed E-state index contributed by atoms with van der Waals surface area (Å²) in [6.45, 7) is 1.97. The number of aromatic nitrogens is 2. The first-order chi connectivity index (χ1) is 6.22. The van der Waals surface area contributed by atoms with Crippen molar-refractivity contribution in [2.24, 2.45) is 0 Å². The minimum Gasteiger partial charge on any atom is -0.320 e. The number of alkyl halides is 1. The van der Waals surface area contributed by atoms with Crippen molar-refractivity contribution >= 4 is 34.4 Å². The van der Waals surface area contributed by atoms with Gasteiger partial charge in [0.1, 0.15) is 0 Å². The molecule has 1 aliphatic rings. The predicted molar refractivity (Wildman–Crippen MR) is 61.9 cm³/mol. The summed E-state index contributed by atoms with van der Waals surface area (Å²) < 4.78 is 3.24. The molecular formula is C8H9IN2OS. The zero-order chi connectivity index (χ0) is 9.42. The second kappa shape index (κ2) is 3.61. The number of hydrogen-bond donors (Lipinski definition) is 0. The highest BCUT2D eigenvalue weighted by Gasteiger charge is 2.23. The van der Waals surface area contributed by atoms with Crippen molar-refractivity contribution in [1.29, 1.82) is 0 Å². The Balaban J connectivity index is 2.58. The number of hydrogen-bond acceptors (Lipinski definition) is 3. The van der Waals surface area contributed by atoms with Crippen molar-refractivity contribution in [3.8, 4) is 0 Å². The molecule has 0 aliphatic carbocycles. The van der Waals surface area contributed by atoms with E-state index in [0.717, 1.165) is 21.0 Å². The molecule has 1 aromatic rings. The standard InChI is InChI=1S/C8H9IN2OS/c1-5-2-7(12)10-8-11(5)6(3-9)4-13-8/h2,6H,3-4H2,1H3. The summed E-state index contributed by atoms with van der Waals surface area (Å²) in [5.41, 5.74) is 0.909. The maximum atomic E-state index is 11.1. The van der Waals surface area contributed by atoms with Crippen LogP contribution in [0.5, 0.6) is 0 Å². The number of nitrogens with zero attached hydrogens (tertiary/aromatic N) is 2. The summed E-state index contributed by atoms with van der Waals surface area (Å²) in [7, 11) is 0. The second-order valence-electron chi connectivity index (χ2n) is 3.01. The fourth-order valence-corrected chi connectivity index (χ4v) is 3.81. The van der Waals surface area contributed by atoms with E-state index in [2.05, 4.69) is 32.1 Å². The number of aryl methyl sites for hydroxylation is 1. The van der Waals surface area contributed by atoms with Crippen LogP contribution in [0.3, 0.4) is 0 Å². The molecule has 1 unspecified atom stereocenters. The summed E-state index contributed by atoms with van der Waals surface area (Å²) >= 11 is 4.05. The molecule has 0 saturated carbocycles. The third-order valence-electron chi connectivity index (χ3n) is 2.07.